The number of thiophene rings is 2. The second-order valence-electron chi connectivity index (χ2n) is 4.13. The number of carbonyl (C=O) groups is 1. The Labute approximate surface area is 113 Å². The predicted molar refractivity (Wildman–Crippen MR) is 76.7 cm³/mol. The van der Waals surface area contributed by atoms with Crippen molar-refractivity contribution in [1.82, 2.24) is 4.98 Å². The standard InChI is InChI=1S/C14H11NOS2/c1-9-3-2-5-15-10(9)7-11(16)13-8-14-12(18-13)4-6-17-14/h2-6,8H,7H2,1H3. The number of ketones is 1. The van der Waals surface area contributed by atoms with Crippen molar-refractivity contribution in [3.8, 4) is 0 Å². The molecule has 3 heterocycles. The number of carbonyl (C=O) groups excluding carboxylic acids is 1. The fraction of sp³-hybridized carbons (Fsp3) is 0.143. The topological polar surface area (TPSA) is 30.0 Å². The van der Waals surface area contributed by atoms with Crippen molar-refractivity contribution >= 4 is 37.9 Å². The molecule has 0 bridgehead atoms. The quantitative estimate of drug-likeness (QED) is 0.673. The normalized spacial score (nSPS) is 10.9. The van der Waals surface area contributed by atoms with Gasteiger partial charge in [-0.2, -0.15) is 0 Å². The smallest absolute Gasteiger partial charge is 0.178 e. The minimum absolute atomic E-state index is 0.158. The first-order valence-electron chi connectivity index (χ1n) is 5.65. The van der Waals surface area contributed by atoms with Crippen molar-refractivity contribution in [1.29, 1.82) is 0 Å². The summed E-state index contributed by atoms with van der Waals surface area (Å²) in [7, 11) is 0. The molecule has 0 aliphatic carbocycles. The fourth-order valence-corrected chi connectivity index (χ4v) is 3.89. The minimum atomic E-state index is 0.158. The minimum Gasteiger partial charge on any atom is -0.293 e. The van der Waals surface area contributed by atoms with Crippen molar-refractivity contribution in [3.05, 3.63) is 52.0 Å². The maximum Gasteiger partial charge on any atom is 0.178 e. The Morgan fingerprint density at radius 1 is 1.33 bits per heavy atom. The van der Waals surface area contributed by atoms with Gasteiger partial charge in [0.05, 0.1) is 17.0 Å². The molecule has 4 heteroatoms. The van der Waals surface area contributed by atoms with E-state index < -0.39 is 0 Å². The third kappa shape index (κ3) is 2.09. The molecule has 0 spiro atoms. The third-order valence-electron chi connectivity index (χ3n) is 2.86. The zero-order valence-electron chi connectivity index (χ0n) is 9.84. The van der Waals surface area contributed by atoms with Crippen LogP contribution in [0.3, 0.4) is 0 Å². The van der Waals surface area contributed by atoms with Crippen LogP contribution in [0.15, 0.2) is 35.8 Å². The second-order valence-corrected chi connectivity index (χ2v) is 6.16. The van der Waals surface area contributed by atoms with Crippen LogP contribution in [0.25, 0.3) is 9.40 Å². The van der Waals surface area contributed by atoms with Gasteiger partial charge in [0.1, 0.15) is 0 Å². The Balaban J connectivity index is 1.87. The van der Waals surface area contributed by atoms with Crippen LogP contribution in [0.1, 0.15) is 20.9 Å². The molecule has 0 aromatic carbocycles. The average molecular weight is 273 g/mol. The van der Waals surface area contributed by atoms with Gasteiger partial charge < -0.3 is 0 Å². The molecule has 3 aromatic rings. The lowest BCUT2D eigenvalue weighted by atomic mass is 10.1. The Kier molecular flexibility index (Phi) is 2.97. The van der Waals surface area contributed by atoms with E-state index in [0.717, 1.165) is 16.1 Å². The lowest BCUT2D eigenvalue weighted by Gasteiger charge is -2.01. The molecule has 0 saturated carbocycles. The maximum atomic E-state index is 12.2. The highest BCUT2D eigenvalue weighted by Gasteiger charge is 2.13. The predicted octanol–water partition coefficient (Wildman–Crippen LogP) is 4.09. The van der Waals surface area contributed by atoms with Gasteiger partial charge in [-0.1, -0.05) is 6.07 Å². The van der Waals surface area contributed by atoms with Crippen LogP contribution in [0.4, 0.5) is 0 Å². The van der Waals surface area contributed by atoms with Crippen molar-refractivity contribution in [3.63, 3.8) is 0 Å². The van der Waals surface area contributed by atoms with Gasteiger partial charge in [-0.05, 0) is 36.1 Å². The molecule has 2 nitrogen and oxygen atoms in total. The zero-order valence-corrected chi connectivity index (χ0v) is 11.5. The van der Waals surface area contributed by atoms with Gasteiger partial charge in [0.2, 0.25) is 0 Å². The molecule has 0 aliphatic heterocycles. The molecule has 18 heavy (non-hydrogen) atoms. The van der Waals surface area contributed by atoms with E-state index >= 15 is 0 Å². The van der Waals surface area contributed by atoms with Crippen molar-refractivity contribution in [2.45, 2.75) is 13.3 Å². The fourth-order valence-electron chi connectivity index (χ4n) is 1.85. The lowest BCUT2D eigenvalue weighted by molar-refractivity contribution is 0.0995. The number of hydrogen-bond donors (Lipinski definition) is 0. The number of pyridine rings is 1. The number of nitrogens with zero attached hydrogens (tertiary/aromatic N) is 1. The molecule has 3 aromatic heterocycles. The zero-order chi connectivity index (χ0) is 12.5. The maximum absolute atomic E-state index is 12.2. The summed E-state index contributed by atoms with van der Waals surface area (Å²) in [5.74, 6) is 0.158. The van der Waals surface area contributed by atoms with E-state index in [2.05, 4.69) is 16.4 Å². The average Bonchev–Trinajstić information content (AvgIpc) is 2.92. The Hall–Kier alpha value is -1.52. The number of hydrogen-bond acceptors (Lipinski definition) is 4. The Morgan fingerprint density at radius 2 is 2.22 bits per heavy atom. The van der Waals surface area contributed by atoms with E-state index in [1.165, 1.54) is 9.40 Å². The molecule has 0 amide bonds. The van der Waals surface area contributed by atoms with Crippen molar-refractivity contribution < 1.29 is 4.79 Å². The molecule has 0 radical (unpaired) electrons. The summed E-state index contributed by atoms with van der Waals surface area (Å²) in [5, 5.41) is 2.05. The van der Waals surface area contributed by atoms with Gasteiger partial charge in [0.15, 0.2) is 5.78 Å². The number of aryl methyl sites for hydroxylation is 1. The molecular weight excluding hydrogens is 262 g/mol. The first kappa shape index (κ1) is 11.6. The van der Waals surface area contributed by atoms with Crippen LogP contribution in [-0.2, 0) is 6.42 Å². The van der Waals surface area contributed by atoms with Crippen LogP contribution in [-0.4, -0.2) is 10.8 Å². The number of aromatic nitrogens is 1. The van der Waals surface area contributed by atoms with Gasteiger partial charge in [0.25, 0.3) is 0 Å². The summed E-state index contributed by atoms with van der Waals surface area (Å²) in [4.78, 5) is 17.3. The molecular formula is C14H11NOS2. The lowest BCUT2D eigenvalue weighted by Crippen LogP contribution is -2.04. The van der Waals surface area contributed by atoms with Crippen LogP contribution in [0.2, 0.25) is 0 Å². The highest BCUT2D eigenvalue weighted by molar-refractivity contribution is 7.27. The van der Waals surface area contributed by atoms with Crippen molar-refractivity contribution in [2.24, 2.45) is 0 Å². The van der Waals surface area contributed by atoms with Crippen LogP contribution in [0, 0.1) is 6.92 Å². The molecule has 0 atom stereocenters. The first-order valence-corrected chi connectivity index (χ1v) is 7.34. The molecule has 0 N–H and O–H groups in total. The monoisotopic (exact) mass is 273 g/mol. The molecule has 0 fully saturated rings. The van der Waals surface area contributed by atoms with Crippen LogP contribution < -0.4 is 0 Å². The molecule has 0 saturated heterocycles. The van der Waals surface area contributed by atoms with Crippen LogP contribution in [0.5, 0.6) is 0 Å². The molecule has 0 aliphatic rings. The second kappa shape index (κ2) is 4.63. The summed E-state index contributed by atoms with van der Waals surface area (Å²) >= 11 is 3.25. The Bertz CT molecular complexity index is 683. The first-order chi connectivity index (χ1) is 8.74. The summed E-state index contributed by atoms with van der Waals surface area (Å²) in [6.45, 7) is 1.99. The molecule has 0 unspecified atom stereocenters. The van der Waals surface area contributed by atoms with E-state index in [1.807, 2.05) is 25.1 Å². The molecule has 3 rings (SSSR count). The van der Waals surface area contributed by atoms with E-state index in [9.17, 15) is 4.79 Å². The van der Waals surface area contributed by atoms with Crippen LogP contribution >= 0.6 is 22.7 Å². The number of Topliss-reactive ketones (excluding diaryl/α,β-unsaturated/α-hetero) is 1. The van der Waals surface area contributed by atoms with E-state index in [4.69, 9.17) is 0 Å². The van der Waals surface area contributed by atoms with Gasteiger partial charge in [-0.15, -0.1) is 22.7 Å². The summed E-state index contributed by atoms with van der Waals surface area (Å²) < 4.78 is 2.39. The SMILES string of the molecule is Cc1cccnc1CC(=O)c1cc2sccc2s1. The number of fused-ring (bicyclic) bond motifs is 1. The van der Waals surface area contributed by atoms with Crippen molar-refractivity contribution in [2.75, 3.05) is 0 Å². The van der Waals surface area contributed by atoms with Gasteiger partial charge >= 0.3 is 0 Å². The van der Waals surface area contributed by atoms with E-state index in [-0.39, 0.29) is 5.78 Å². The highest BCUT2D eigenvalue weighted by atomic mass is 32.1. The Morgan fingerprint density at radius 3 is 3.00 bits per heavy atom. The van der Waals surface area contributed by atoms with E-state index in [1.54, 1.807) is 28.9 Å². The van der Waals surface area contributed by atoms with Gasteiger partial charge in [-0.3, -0.25) is 9.78 Å². The summed E-state index contributed by atoms with van der Waals surface area (Å²) in [5.41, 5.74) is 1.95. The van der Waals surface area contributed by atoms with Gasteiger partial charge in [0, 0.05) is 15.6 Å². The number of rotatable bonds is 3. The van der Waals surface area contributed by atoms with E-state index in [0.29, 0.717) is 6.42 Å². The largest absolute Gasteiger partial charge is 0.293 e. The van der Waals surface area contributed by atoms with Gasteiger partial charge in [-0.25, -0.2) is 0 Å². The molecule has 90 valence electrons. The summed E-state index contributed by atoms with van der Waals surface area (Å²) in [6.07, 6.45) is 2.13. The third-order valence-corrected chi connectivity index (χ3v) is 4.99. The summed E-state index contributed by atoms with van der Waals surface area (Å²) in [6, 6.07) is 7.94. The highest BCUT2D eigenvalue weighted by Crippen LogP contribution is 2.30.